The molecule has 1 saturated heterocycles. The van der Waals surface area contributed by atoms with Crippen molar-refractivity contribution in [1.82, 2.24) is 25.0 Å². The molecule has 8 heteroatoms. The summed E-state index contributed by atoms with van der Waals surface area (Å²) in [5.41, 5.74) is 2.08. The number of thiazole rings is 1. The van der Waals surface area contributed by atoms with Gasteiger partial charge in [-0.3, -0.25) is 14.9 Å². The number of urea groups is 1. The van der Waals surface area contributed by atoms with Crippen molar-refractivity contribution < 1.29 is 4.79 Å². The Morgan fingerprint density at radius 3 is 2.77 bits per heavy atom. The van der Waals surface area contributed by atoms with Crippen LogP contribution in [0.3, 0.4) is 0 Å². The van der Waals surface area contributed by atoms with Crippen LogP contribution in [0.5, 0.6) is 0 Å². The normalized spacial score (nSPS) is 16.0. The number of anilines is 1. The van der Waals surface area contributed by atoms with Crippen LogP contribution < -0.4 is 10.6 Å². The Labute approximate surface area is 158 Å². The Kier molecular flexibility index (Phi) is 6.26. The second-order valence-electron chi connectivity index (χ2n) is 6.94. The fourth-order valence-electron chi connectivity index (χ4n) is 3.29. The van der Waals surface area contributed by atoms with Gasteiger partial charge in [-0.25, -0.2) is 9.78 Å². The molecule has 1 fully saturated rings. The molecular weight excluding hydrogens is 348 g/mol. The van der Waals surface area contributed by atoms with Gasteiger partial charge in [-0.05, 0) is 45.2 Å². The SMILES string of the molecule is CCc1nc(CN2CCC(CNC(=O)Nc3cc(C)nn3C)CC2)cs1. The number of hydrogen-bond donors (Lipinski definition) is 2. The molecule has 1 aliphatic rings. The molecule has 0 spiro atoms. The second kappa shape index (κ2) is 8.64. The Bertz CT molecular complexity index is 732. The summed E-state index contributed by atoms with van der Waals surface area (Å²) in [7, 11) is 1.82. The zero-order chi connectivity index (χ0) is 18.5. The molecule has 3 heterocycles. The molecule has 0 aliphatic carbocycles. The van der Waals surface area contributed by atoms with Crippen LogP contribution in [0.2, 0.25) is 0 Å². The van der Waals surface area contributed by atoms with E-state index >= 15 is 0 Å². The van der Waals surface area contributed by atoms with Gasteiger partial charge in [-0.1, -0.05) is 6.92 Å². The van der Waals surface area contributed by atoms with Gasteiger partial charge in [-0.15, -0.1) is 11.3 Å². The van der Waals surface area contributed by atoms with Crippen LogP contribution in [0.15, 0.2) is 11.4 Å². The third-order valence-corrected chi connectivity index (χ3v) is 5.83. The molecule has 2 amide bonds. The van der Waals surface area contributed by atoms with E-state index in [1.807, 2.05) is 20.0 Å². The number of amides is 2. The Morgan fingerprint density at radius 2 is 2.15 bits per heavy atom. The van der Waals surface area contributed by atoms with Gasteiger partial charge in [0.25, 0.3) is 0 Å². The minimum Gasteiger partial charge on any atom is -0.338 e. The Balaban J connectivity index is 1.37. The first-order valence-corrected chi connectivity index (χ1v) is 10.1. The van der Waals surface area contributed by atoms with Gasteiger partial charge in [0.05, 0.1) is 16.4 Å². The van der Waals surface area contributed by atoms with Crippen molar-refractivity contribution in [2.24, 2.45) is 13.0 Å². The lowest BCUT2D eigenvalue weighted by molar-refractivity contribution is 0.174. The number of carbonyl (C=O) groups excluding carboxylic acids is 1. The zero-order valence-corrected chi connectivity index (χ0v) is 16.6. The number of rotatable bonds is 6. The van der Waals surface area contributed by atoms with E-state index < -0.39 is 0 Å². The third kappa shape index (κ3) is 5.04. The van der Waals surface area contributed by atoms with E-state index in [4.69, 9.17) is 0 Å². The first kappa shape index (κ1) is 18.8. The molecule has 26 heavy (non-hydrogen) atoms. The predicted molar refractivity (Wildman–Crippen MR) is 104 cm³/mol. The smallest absolute Gasteiger partial charge is 0.320 e. The second-order valence-corrected chi connectivity index (χ2v) is 7.88. The number of likely N-dealkylation sites (tertiary alicyclic amines) is 1. The van der Waals surface area contributed by atoms with Crippen LogP contribution in [0.4, 0.5) is 10.6 Å². The number of nitrogens with one attached hydrogen (secondary N) is 2. The number of nitrogens with zero attached hydrogens (tertiary/aromatic N) is 4. The highest BCUT2D eigenvalue weighted by Gasteiger charge is 2.20. The van der Waals surface area contributed by atoms with Crippen LogP contribution in [0.1, 0.15) is 36.2 Å². The summed E-state index contributed by atoms with van der Waals surface area (Å²) in [4.78, 5) is 19.2. The fourth-order valence-corrected chi connectivity index (χ4v) is 4.02. The summed E-state index contributed by atoms with van der Waals surface area (Å²) in [6.45, 7) is 7.84. The topological polar surface area (TPSA) is 75.1 Å². The molecule has 3 rings (SSSR count). The van der Waals surface area contributed by atoms with E-state index in [0.29, 0.717) is 18.3 Å². The quantitative estimate of drug-likeness (QED) is 0.813. The number of piperidine rings is 1. The van der Waals surface area contributed by atoms with Crippen molar-refractivity contribution in [3.05, 3.63) is 27.8 Å². The summed E-state index contributed by atoms with van der Waals surface area (Å²) in [6, 6.07) is 1.70. The molecular formula is C18H28N6OS. The highest BCUT2D eigenvalue weighted by Crippen LogP contribution is 2.19. The van der Waals surface area contributed by atoms with Crippen molar-refractivity contribution in [3.63, 3.8) is 0 Å². The van der Waals surface area contributed by atoms with Crippen molar-refractivity contribution in [1.29, 1.82) is 0 Å². The van der Waals surface area contributed by atoms with Crippen LogP contribution >= 0.6 is 11.3 Å². The molecule has 2 aromatic heterocycles. The molecule has 7 nitrogen and oxygen atoms in total. The van der Waals surface area contributed by atoms with Gasteiger partial charge in [0.15, 0.2) is 0 Å². The largest absolute Gasteiger partial charge is 0.338 e. The van der Waals surface area contributed by atoms with E-state index in [1.54, 1.807) is 16.0 Å². The maximum Gasteiger partial charge on any atom is 0.320 e. The summed E-state index contributed by atoms with van der Waals surface area (Å²) < 4.78 is 1.68. The lowest BCUT2D eigenvalue weighted by Gasteiger charge is -2.31. The molecule has 0 saturated carbocycles. The molecule has 142 valence electrons. The average Bonchev–Trinajstić information content (AvgIpc) is 3.20. The zero-order valence-electron chi connectivity index (χ0n) is 15.8. The van der Waals surface area contributed by atoms with Crippen LogP contribution in [-0.4, -0.2) is 45.3 Å². The molecule has 2 aromatic rings. The highest BCUT2D eigenvalue weighted by molar-refractivity contribution is 7.09. The molecule has 0 bridgehead atoms. The first-order valence-electron chi connectivity index (χ1n) is 9.24. The van der Waals surface area contributed by atoms with Gasteiger partial charge in [0, 0.05) is 31.6 Å². The first-order chi connectivity index (χ1) is 12.5. The number of carbonyl (C=O) groups is 1. The summed E-state index contributed by atoms with van der Waals surface area (Å²) in [6.07, 6.45) is 3.23. The maximum absolute atomic E-state index is 12.1. The average molecular weight is 377 g/mol. The standard InChI is InChI=1S/C18H28N6OS/c1-4-17-20-15(12-26-17)11-24-7-5-14(6-8-24)10-19-18(25)21-16-9-13(2)22-23(16)3/h9,12,14H,4-8,10-11H2,1-3H3,(H2,19,21,25). The Morgan fingerprint density at radius 1 is 1.38 bits per heavy atom. The molecule has 1 aliphatic heterocycles. The van der Waals surface area contributed by atoms with E-state index in [2.05, 4.69) is 37.9 Å². The number of aryl methyl sites for hydroxylation is 3. The van der Waals surface area contributed by atoms with Crippen LogP contribution in [-0.2, 0) is 20.0 Å². The van der Waals surface area contributed by atoms with Gasteiger partial charge < -0.3 is 5.32 Å². The lowest BCUT2D eigenvalue weighted by atomic mass is 9.97. The maximum atomic E-state index is 12.1. The summed E-state index contributed by atoms with van der Waals surface area (Å²) in [5, 5.41) is 13.5. The predicted octanol–water partition coefficient (Wildman–Crippen LogP) is 2.78. The molecule has 0 atom stereocenters. The Hall–Kier alpha value is -1.93. The van der Waals surface area contributed by atoms with Crippen molar-refractivity contribution in [2.45, 2.75) is 39.7 Å². The molecule has 0 radical (unpaired) electrons. The van der Waals surface area contributed by atoms with E-state index in [-0.39, 0.29) is 6.03 Å². The minimum atomic E-state index is -0.162. The number of hydrogen-bond acceptors (Lipinski definition) is 5. The number of aromatic nitrogens is 3. The summed E-state index contributed by atoms with van der Waals surface area (Å²) in [5.74, 6) is 1.25. The monoisotopic (exact) mass is 376 g/mol. The van der Waals surface area contributed by atoms with Gasteiger partial charge in [0.1, 0.15) is 5.82 Å². The van der Waals surface area contributed by atoms with Gasteiger partial charge in [-0.2, -0.15) is 5.10 Å². The minimum absolute atomic E-state index is 0.162. The van der Waals surface area contributed by atoms with Gasteiger partial charge >= 0.3 is 6.03 Å². The van der Waals surface area contributed by atoms with Crippen molar-refractivity contribution in [2.75, 3.05) is 25.0 Å². The van der Waals surface area contributed by atoms with Gasteiger partial charge in [0.2, 0.25) is 0 Å². The van der Waals surface area contributed by atoms with E-state index in [1.165, 1.54) is 10.7 Å². The van der Waals surface area contributed by atoms with Crippen molar-refractivity contribution in [3.8, 4) is 0 Å². The third-order valence-electron chi connectivity index (χ3n) is 4.79. The molecule has 2 N–H and O–H groups in total. The van der Waals surface area contributed by atoms with Crippen LogP contribution in [0, 0.1) is 12.8 Å². The highest BCUT2D eigenvalue weighted by atomic mass is 32.1. The molecule has 0 aromatic carbocycles. The van der Waals surface area contributed by atoms with Crippen LogP contribution in [0.25, 0.3) is 0 Å². The summed E-state index contributed by atoms with van der Waals surface area (Å²) >= 11 is 1.75. The van der Waals surface area contributed by atoms with Crippen molar-refractivity contribution >= 4 is 23.2 Å². The fraction of sp³-hybridized carbons (Fsp3) is 0.611. The molecule has 0 unspecified atom stereocenters. The lowest BCUT2D eigenvalue weighted by Crippen LogP contribution is -2.39. The van der Waals surface area contributed by atoms with E-state index in [0.717, 1.165) is 44.6 Å². The van der Waals surface area contributed by atoms with E-state index in [9.17, 15) is 4.79 Å².